The van der Waals surface area contributed by atoms with Crippen LogP contribution in [-0.4, -0.2) is 67.2 Å². The van der Waals surface area contributed by atoms with Gasteiger partial charge in [-0.3, -0.25) is 14.4 Å². The van der Waals surface area contributed by atoms with Crippen LogP contribution >= 0.6 is 0 Å². The molecule has 2 aliphatic heterocycles. The number of piperidine rings is 1. The normalized spacial score (nSPS) is 17.2. The van der Waals surface area contributed by atoms with Gasteiger partial charge in [0, 0.05) is 38.5 Å². The molecule has 1 fully saturated rings. The molecule has 0 bridgehead atoms. The number of rotatable bonds is 6. The van der Waals surface area contributed by atoms with E-state index in [1.807, 2.05) is 0 Å². The average molecular weight is 403 g/mol. The number of ether oxygens (including phenoxy) is 2. The number of pyridine rings is 1. The Kier molecular flexibility index (Phi) is 6.63. The van der Waals surface area contributed by atoms with Crippen LogP contribution in [0.4, 0.5) is 0 Å². The number of nitrogens with zero attached hydrogens (tertiary/aromatic N) is 3. The van der Waals surface area contributed by atoms with Crippen LogP contribution in [0.1, 0.15) is 36.0 Å². The van der Waals surface area contributed by atoms with Crippen LogP contribution < -0.4 is 20.2 Å². The van der Waals surface area contributed by atoms with Gasteiger partial charge in [-0.05, 0) is 24.8 Å². The number of aromatic nitrogens is 1. The van der Waals surface area contributed by atoms with Crippen molar-refractivity contribution in [3.05, 3.63) is 17.7 Å². The summed E-state index contributed by atoms with van der Waals surface area (Å²) in [6.45, 7) is 1.70. The summed E-state index contributed by atoms with van der Waals surface area (Å²) in [4.78, 5) is 42.0. The highest BCUT2D eigenvalue weighted by Gasteiger charge is 2.28. The zero-order chi connectivity index (χ0) is 20.8. The molecule has 0 aromatic carbocycles. The zero-order valence-electron chi connectivity index (χ0n) is 16.6. The predicted molar refractivity (Wildman–Crippen MR) is 104 cm³/mol. The van der Waals surface area contributed by atoms with E-state index in [9.17, 15) is 14.4 Å². The minimum absolute atomic E-state index is 0.124. The van der Waals surface area contributed by atoms with Crippen LogP contribution in [0, 0.1) is 5.92 Å². The van der Waals surface area contributed by atoms with Gasteiger partial charge in [0.25, 0.3) is 11.8 Å². The first kappa shape index (κ1) is 20.6. The van der Waals surface area contributed by atoms with Crippen LogP contribution in [0.2, 0.25) is 0 Å². The Balaban J connectivity index is 1.48. The average Bonchev–Trinajstić information content (AvgIpc) is 2.77. The van der Waals surface area contributed by atoms with Crippen molar-refractivity contribution in [3.8, 4) is 11.8 Å². The van der Waals surface area contributed by atoms with E-state index >= 15 is 0 Å². The van der Waals surface area contributed by atoms with Crippen molar-refractivity contribution < 1.29 is 23.9 Å². The van der Waals surface area contributed by atoms with Crippen molar-refractivity contribution in [2.75, 3.05) is 33.9 Å². The molecule has 0 atom stereocenters. The molecule has 3 amide bonds. The Morgan fingerprint density at radius 2 is 1.97 bits per heavy atom. The van der Waals surface area contributed by atoms with Gasteiger partial charge in [0.2, 0.25) is 17.7 Å². The first-order valence-electron chi connectivity index (χ1n) is 9.53. The summed E-state index contributed by atoms with van der Waals surface area (Å²) in [7, 11) is 2.95. The molecule has 0 aliphatic carbocycles. The van der Waals surface area contributed by atoms with E-state index in [-0.39, 0.29) is 35.9 Å². The van der Waals surface area contributed by atoms with Crippen molar-refractivity contribution >= 4 is 23.4 Å². The van der Waals surface area contributed by atoms with Crippen molar-refractivity contribution in [3.63, 3.8) is 0 Å². The quantitative estimate of drug-likeness (QED) is 0.706. The lowest BCUT2D eigenvalue weighted by Gasteiger charge is -2.32. The number of carbonyl (C=O) groups excluding carboxylic acids is 3. The number of nitrogens with one attached hydrogen (secondary N) is 2. The van der Waals surface area contributed by atoms with E-state index in [1.54, 1.807) is 17.0 Å². The van der Waals surface area contributed by atoms with Crippen molar-refractivity contribution in [1.29, 1.82) is 0 Å². The van der Waals surface area contributed by atoms with Crippen LogP contribution in [0.3, 0.4) is 0 Å². The molecular formula is C19H25N5O5. The van der Waals surface area contributed by atoms with Gasteiger partial charge < -0.3 is 19.7 Å². The molecule has 1 aromatic rings. The van der Waals surface area contributed by atoms with E-state index in [0.29, 0.717) is 43.2 Å². The molecule has 2 N–H and O–H groups in total. The van der Waals surface area contributed by atoms with E-state index in [2.05, 4.69) is 20.8 Å². The minimum Gasteiger partial charge on any atom is -0.481 e. The van der Waals surface area contributed by atoms with Gasteiger partial charge in [-0.1, -0.05) is 0 Å². The van der Waals surface area contributed by atoms with E-state index in [1.165, 1.54) is 14.2 Å². The van der Waals surface area contributed by atoms with Gasteiger partial charge in [-0.2, -0.15) is 10.1 Å². The lowest BCUT2D eigenvalue weighted by atomic mass is 9.96. The van der Waals surface area contributed by atoms with Gasteiger partial charge >= 0.3 is 0 Å². The number of hydrogen-bond acceptors (Lipinski definition) is 7. The Labute approximate surface area is 168 Å². The minimum atomic E-state index is -0.261. The highest BCUT2D eigenvalue weighted by Crippen LogP contribution is 2.21. The molecule has 2 aliphatic rings. The number of amides is 3. The molecule has 156 valence electrons. The molecule has 29 heavy (non-hydrogen) atoms. The fourth-order valence-corrected chi connectivity index (χ4v) is 3.35. The molecule has 0 unspecified atom stereocenters. The monoisotopic (exact) mass is 403 g/mol. The molecule has 0 radical (unpaired) electrons. The Hall–Kier alpha value is -3.17. The Morgan fingerprint density at radius 3 is 2.59 bits per heavy atom. The Morgan fingerprint density at radius 1 is 1.21 bits per heavy atom. The Bertz CT molecular complexity index is 817. The third kappa shape index (κ3) is 5.01. The van der Waals surface area contributed by atoms with Gasteiger partial charge in [0.05, 0.1) is 14.2 Å². The van der Waals surface area contributed by atoms with Crippen LogP contribution in [-0.2, 0) is 9.59 Å². The van der Waals surface area contributed by atoms with E-state index in [0.717, 1.165) is 12.8 Å². The molecule has 10 nitrogen and oxygen atoms in total. The summed E-state index contributed by atoms with van der Waals surface area (Å²) in [6.07, 6.45) is 2.22. The second-order valence-electron chi connectivity index (χ2n) is 6.95. The molecule has 10 heteroatoms. The molecule has 1 saturated heterocycles. The highest BCUT2D eigenvalue weighted by molar-refractivity contribution is 6.39. The maximum absolute atomic E-state index is 12.5. The lowest BCUT2D eigenvalue weighted by Crippen LogP contribution is -2.45. The third-order valence-electron chi connectivity index (χ3n) is 5.09. The SMILES string of the molecule is COc1ccc(C(=O)NCC2CCN(C(=O)C3=NNC(=O)CC3)CC2)c(OC)n1. The zero-order valence-corrected chi connectivity index (χ0v) is 16.6. The number of carbonyl (C=O) groups is 3. The highest BCUT2D eigenvalue weighted by atomic mass is 16.5. The molecule has 0 saturated carbocycles. The van der Waals surface area contributed by atoms with E-state index < -0.39 is 0 Å². The standard InChI is InChI=1S/C19H25N5O5/c1-28-16-6-3-13(18(21-16)29-2)17(26)20-11-12-7-9-24(10-8-12)19(27)14-4-5-15(25)23-22-14/h3,6,12H,4-5,7-11H2,1-2H3,(H,20,26)(H,23,25). The second-order valence-corrected chi connectivity index (χ2v) is 6.95. The summed E-state index contributed by atoms with van der Waals surface area (Å²) < 4.78 is 10.2. The van der Waals surface area contributed by atoms with Gasteiger partial charge in [0.15, 0.2) is 0 Å². The number of hydrogen-bond donors (Lipinski definition) is 2. The summed E-state index contributed by atoms with van der Waals surface area (Å²) in [5.41, 5.74) is 3.10. The topological polar surface area (TPSA) is 122 Å². The van der Waals surface area contributed by atoms with Gasteiger partial charge in [0.1, 0.15) is 11.3 Å². The largest absolute Gasteiger partial charge is 0.481 e. The molecule has 3 rings (SSSR count). The maximum Gasteiger partial charge on any atom is 0.270 e. The van der Waals surface area contributed by atoms with Crippen LogP contribution in [0.25, 0.3) is 0 Å². The molecule has 3 heterocycles. The fraction of sp³-hybridized carbons (Fsp3) is 0.526. The maximum atomic E-state index is 12.5. The first-order valence-corrected chi connectivity index (χ1v) is 9.53. The number of likely N-dealkylation sites (tertiary alicyclic amines) is 1. The van der Waals surface area contributed by atoms with Gasteiger partial charge in [-0.25, -0.2) is 5.43 Å². The van der Waals surface area contributed by atoms with E-state index in [4.69, 9.17) is 9.47 Å². The molecule has 0 spiro atoms. The lowest BCUT2D eigenvalue weighted by molar-refractivity contribution is -0.125. The van der Waals surface area contributed by atoms with Crippen LogP contribution in [0.15, 0.2) is 17.2 Å². The summed E-state index contributed by atoms with van der Waals surface area (Å²) in [5.74, 6) is 0.303. The summed E-state index contributed by atoms with van der Waals surface area (Å²) >= 11 is 0. The number of methoxy groups -OCH3 is 2. The van der Waals surface area contributed by atoms with Crippen molar-refractivity contribution in [2.45, 2.75) is 25.7 Å². The van der Waals surface area contributed by atoms with Gasteiger partial charge in [-0.15, -0.1) is 0 Å². The van der Waals surface area contributed by atoms with Crippen molar-refractivity contribution in [2.24, 2.45) is 11.0 Å². The summed E-state index contributed by atoms with van der Waals surface area (Å²) in [6, 6.07) is 3.23. The third-order valence-corrected chi connectivity index (χ3v) is 5.09. The molecular weight excluding hydrogens is 378 g/mol. The van der Waals surface area contributed by atoms with Crippen molar-refractivity contribution in [1.82, 2.24) is 20.6 Å². The first-order chi connectivity index (χ1) is 14.0. The molecule has 1 aromatic heterocycles. The number of hydrazone groups is 1. The second kappa shape index (κ2) is 9.35. The smallest absolute Gasteiger partial charge is 0.270 e. The summed E-state index contributed by atoms with van der Waals surface area (Å²) in [5, 5.41) is 6.79. The predicted octanol–water partition coefficient (Wildman–Crippen LogP) is 0.333. The van der Waals surface area contributed by atoms with Crippen LogP contribution in [0.5, 0.6) is 11.8 Å². The fourth-order valence-electron chi connectivity index (χ4n) is 3.35.